The third-order valence-electron chi connectivity index (χ3n) is 7.05. The van der Waals surface area contributed by atoms with Crippen molar-refractivity contribution in [3.8, 4) is 0 Å². The number of nitrogens with two attached hydrogens (primary N) is 1. The fourth-order valence-corrected chi connectivity index (χ4v) is 4.48. The minimum absolute atomic E-state index is 0.0273. The summed E-state index contributed by atoms with van der Waals surface area (Å²) >= 11 is 5.97. The quantitative estimate of drug-likeness (QED) is 0.186. The van der Waals surface area contributed by atoms with Gasteiger partial charge in [0.25, 0.3) is 0 Å². The van der Waals surface area contributed by atoms with Gasteiger partial charge in [-0.05, 0) is 66.5 Å². The van der Waals surface area contributed by atoms with Crippen LogP contribution in [0.3, 0.4) is 0 Å². The molecule has 2 aromatic carbocycles. The minimum atomic E-state index is -1.15. The number of rotatable bonds is 13. The second kappa shape index (κ2) is 15.4. The van der Waals surface area contributed by atoms with Crippen molar-refractivity contribution in [1.29, 1.82) is 0 Å². The molecular weight excluding hydrogens is 588 g/mol. The van der Waals surface area contributed by atoms with Crippen LogP contribution in [-0.2, 0) is 16.1 Å². The molecule has 43 heavy (non-hydrogen) atoms. The van der Waals surface area contributed by atoms with Crippen LogP contribution >= 0.6 is 11.6 Å². The fourth-order valence-electron chi connectivity index (χ4n) is 4.29. The van der Waals surface area contributed by atoms with Crippen LogP contribution in [0.25, 0.3) is 10.8 Å². The van der Waals surface area contributed by atoms with Crippen molar-refractivity contribution in [2.45, 2.75) is 50.9 Å². The van der Waals surface area contributed by atoms with Crippen molar-refractivity contribution in [2.24, 2.45) is 11.7 Å². The number of amides is 3. The Morgan fingerprint density at radius 1 is 1.14 bits per heavy atom. The lowest BCUT2D eigenvalue weighted by Crippen LogP contribution is -2.47. The molecule has 0 fully saturated rings. The Hall–Kier alpha value is -4.07. The summed E-state index contributed by atoms with van der Waals surface area (Å²) in [6.45, 7) is 1.23. The number of benzene rings is 2. The van der Waals surface area contributed by atoms with Gasteiger partial charge in [0.2, 0.25) is 0 Å². The Balaban J connectivity index is 1.65. The van der Waals surface area contributed by atoms with E-state index in [0.717, 1.165) is 0 Å². The molecule has 0 aliphatic rings. The predicted octanol–water partition coefficient (Wildman–Crippen LogP) is 4.50. The van der Waals surface area contributed by atoms with Crippen molar-refractivity contribution < 1.29 is 38.1 Å². The molecule has 4 atom stereocenters. The molecule has 0 spiro atoms. The lowest BCUT2D eigenvalue weighted by atomic mass is 9.94. The number of ether oxygens (including phenoxy) is 1. The maximum atomic E-state index is 13.8. The summed E-state index contributed by atoms with van der Waals surface area (Å²) < 4.78 is 32.7. The van der Waals surface area contributed by atoms with E-state index >= 15 is 0 Å². The van der Waals surface area contributed by atoms with Gasteiger partial charge in [0.15, 0.2) is 0 Å². The number of likely N-dealkylation sites (N-methyl/N-ethyl adjacent to an activating group) is 1. The highest BCUT2D eigenvalue weighted by molar-refractivity contribution is 6.31. The summed E-state index contributed by atoms with van der Waals surface area (Å²) in [5, 5.41) is 26.0. The Morgan fingerprint density at radius 2 is 1.88 bits per heavy atom. The Labute approximate surface area is 252 Å². The van der Waals surface area contributed by atoms with Crippen LogP contribution in [0.1, 0.15) is 31.7 Å². The first-order valence-electron chi connectivity index (χ1n) is 13.4. The van der Waals surface area contributed by atoms with E-state index in [-0.39, 0.29) is 36.8 Å². The first-order chi connectivity index (χ1) is 20.3. The molecule has 1 heterocycles. The van der Waals surface area contributed by atoms with E-state index in [2.05, 4.69) is 15.6 Å². The zero-order valence-electron chi connectivity index (χ0n) is 23.6. The van der Waals surface area contributed by atoms with Gasteiger partial charge in [-0.25, -0.2) is 23.4 Å². The van der Waals surface area contributed by atoms with Crippen molar-refractivity contribution in [3.63, 3.8) is 0 Å². The fraction of sp³-hybridized carbons (Fsp3) is 0.379. The zero-order valence-corrected chi connectivity index (χ0v) is 24.4. The first-order valence-corrected chi connectivity index (χ1v) is 13.8. The van der Waals surface area contributed by atoms with Gasteiger partial charge in [-0.15, -0.1) is 0 Å². The highest BCUT2D eigenvalue weighted by Gasteiger charge is 2.27. The third-order valence-corrected chi connectivity index (χ3v) is 7.47. The maximum Gasteiger partial charge on any atom is 0.412 e. The Morgan fingerprint density at radius 3 is 2.60 bits per heavy atom. The van der Waals surface area contributed by atoms with Gasteiger partial charge in [-0.3, -0.25) is 10.1 Å². The summed E-state index contributed by atoms with van der Waals surface area (Å²) in [4.78, 5) is 42.0. The Bertz CT molecular complexity index is 1450. The molecule has 3 amide bonds. The number of nitrogens with zero attached hydrogens (tertiary/aromatic N) is 2. The van der Waals surface area contributed by atoms with Crippen molar-refractivity contribution in [3.05, 3.63) is 70.9 Å². The normalized spacial score (nSPS) is 13.9. The number of hydrogen-bond donors (Lipinski definition) is 5. The van der Waals surface area contributed by atoms with Gasteiger partial charge in [-0.1, -0.05) is 30.7 Å². The number of aliphatic hydroxyl groups is 1. The van der Waals surface area contributed by atoms with Crippen LogP contribution in [-0.4, -0.2) is 70.0 Å². The number of pyridine rings is 1. The number of carbonyl (C=O) groups excluding carboxylic acids is 2. The molecular formula is C29H34ClF2N5O6. The zero-order chi connectivity index (χ0) is 31.7. The molecule has 0 bridgehead atoms. The highest BCUT2D eigenvalue weighted by Crippen LogP contribution is 2.21. The monoisotopic (exact) mass is 621 g/mol. The molecule has 0 aliphatic carbocycles. The van der Waals surface area contributed by atoms with Crippen molar-refractivity contribution in [2.75, 3.05) is 19.0 Å². The minimum Gasteiger partial charge on any atom is -0.480 e. The number of anilines is 1. The number of aromatic nitrogens is 1. The van der Waals surface area contributed by atoms with E-state index < -0.39 is 53.8 Å². The molecule has 3 unspecified atom stereocenters. The molecule has 3 aromatic rings. The van der Waals surface area contributed by atoms with Crippen LogP contribution in [0.15, 0.2) is 48.7 Å². The summed E-state index contributed by atoms with van der Waals surface area (Å²) in [5.41, 5.74) is 6.00. The van der Waals surface area contributed by atoms with Gasteiger partial charge < -0.3 is 30.9 Å². The van der Waals surface area contributed by atoms with E-state index in [4.69, 9.17) is 27.2 Å². The lowest BCUT2D eigenvalue weighted by molar-refractivity contribution is -0.139. The smallest absolute Gasteiger partial charge is 0.412 e. The maximum absolute atomic E-state index is 13.8. The van der Waals surface area contributed by atoms with Crippen LogP contribution in [0.2, 0.25) is 5.02 Å². The number of halogens is 3. The summed E-state index contributed by atoms with van der Waals surface area (Å²) in [6.07, 6.45) is 0.0144. The average Bonchev–Trinajstić information content (AvgIpc) is 2.97. The van der Waals surface area contributed by atoms with Gasteiger partial charge in [0.05, 0.1) is 17.2 Å². The molecule has 0 radical (unpaired) electrons. The Kier molecular flexibility index (Phi) is 12.0. The van der Waals surface area contributed by atoms with Gasteiger partial charge in [0, 0.05) is 25.2 Å². The van der Waals surface area contributed by atoms with E-state index in [1.165, 1.54) is 48.5 Å². The number of carboxylic acids is 1. The molecule has 0 saturated heterocycles. The third kappa shape index (κ3) is 9.73. The van der Waals surface area contributed by atoms with Crippen LogP contribution in [0.5, 0.6) is 0 Å². The number of aliphatic hydroxyl groups excluding tert-OH is 1. The van der Waals surface area contributed by atoms with Crippen LogP contribution in [0, 0.1) is 17.6 Å². The summed E-state index contributed by atoms with van der Waals surface area (Å²) in [5.74, 6) is -2.55. The number of fused-ring (bicyclic) bond motifs is 1. The van der Waals surface area contributed by atoms with Crippen molar-refractivity contribution in [1.82, 2.24) is 15.2 Å². The number of aliphatic carboxylic acids is 1. The predicted molar refractivity (Wildman–Crippen MR) is 157 cm³/mol. The van der Waals surface area contributed by atoms with E-state index in [0.29, 0.717) is 22.8 Å². The molecule has 0 saturated carbocycles. The van der Waals surface area contributed by atoms with E-state index in [9.17, 15) is 28.3 Å². The molecule has 11 nitrogen and oxygen atoms in total. The van der Waals surface area contributed by atoms with E-state index in [1.807, 2.05) is 0 Å². The number of nitrogens with one attached hydrogen (secondary N) is 2. The molecule has 6 N–H and O–H groups in total. The van der Waals surface area contributed by atoms with Crippen LogP contribution < -0.4 is 16.4 Å². The second-order valence-electron chi connectivity index (χ2n) is 10.2. The molecule has 1 aromatic heterocycles. The van der Waals surface area contributed by atoms with Crippen molar-refractivity contribution >= 4 is 46.3 Å². The van der Waals surface area contributed by atoms with Gasteiger partial charge >= 0.3 is 18.1 Å². The van der Waals surface area contributed by atoms with Gasteiger partial charge in [-0.2, -0.15) is 0 Å². The molecule has 0 aliphatic heterocycles. The SMILES string of the molecule is CC(CCC(O)CC(COC(=O)Nc1cc2cc(F)ccc2cn1)N(C)C(=O)NCc1cccc(F)c1Cl)[C@@H](N)C(=O)O. The topological polar surface area (TPSA) is 167 Å². The first kappa shape index (κ1) is 33.4. The molecule has 14 heteroatoms. The standard InChI is InChI=1S/C29H34ClF2N5O6/c1-16(26(33)27(39)40)6-9-22(38)12-21(37(2)28(41)35-14-18-4-3-5-23(32)25(18)30)15-43-29(42)36-24-11-19-10-20(31)8-7-17(19)13-34-24/h3-5,7-8,10-11,13,16,21-22,26,38H,6,9,12,14-15,33H2,1-2H3,(H,35,41)(H,39,40)(H,34,36,42)/t16?,21?,22?,26-/m1/s1. The average molecular weight is 622 g/mol. The summed E-state index contributed by atoms with van der Waals surface area (Å²) in [6, 6.07) is 7.27. The van der Waals surface area contributed by atoms with Gasteiger partial charge in [0.1, 0.15) is 30.1 Å². The largest absolute Gasteiger partial charge is 0.480 e. The van der Waals surface area contributed by atoms with E-state index in [1.54, 1.807) is 19.1 Å². The lowest BCUT2D eigenvalue weighted by Gasteiger charge is -2.30. The second-order valence-corrected chi connectivity index (χ2v) is 10.6. The molecule has 3 rings (SSSR count). The number of urea groups is 1. The number of carboxylic acid groups (broad SMARTS) is 1. The molecule has 232 valence electrons. The number of hydrogen-bond acceptors (Lipinski definition) is 7. The van der Waals surface area contributed by atoms with Crippen LogP contribution in [0.4, 0.5) is 24.2 Å². The highest BCUT2D eigenvalue weighted by atomic mass is 35.5. The summed E-state index contributed by atoms with van der Waals surface area (Å²) in [7, 11) is 1.43. The number of carbonyl (C=O) groups is 3.